The summed E-state index contributed by atoms with van der Waals surface area (Å²) in [7, 11) is 0.327. The van der Waals surface area contributed by atoms with Gasteiger partial charge in [0.05, 0.1) is 0 Å². The van der Waals surface area contributed by atoms with E-state index in [1.165, 1.54) is 12.1 Å². The molecule has 1 heterocycles. The van der Waals surface area contributed by atoms with Gasteiger partial charge in [0.25, 0.3) is 0 Å². The molecule has 3 aromatic rings. The SMILES string of the molecule is Fc1cccc(BOc2cccc3cccnc23)c1. The predicted molar refractivity (Wildman–Crippen MR) is 75.6 cm³/mol. The molecule has 0 N–H and O–H groups in total. The molecule has 0 aliphatic rings. The monoisotopic (exact) mass is 251 g/mol. The molecule has 0 aliphatic heterocycles. The molecule has 0 radical (unpaired) electrons. The van der Waals surface area contributed by atoms with E-state index in [0.29, 0.717) is 13.2 Å². The topological polar surface area (TPSA) is 22.1 Å². The Morgan fingerprint density at radius 1 is 1.00 bits per heavy atom. The average Bonchev–Trinajstić information content (AvgIpc) is 2.45. The van der Waals surface area contributed by atoms with Crippen LogP contribution in [0.15, 0.2) is 60.8 Å². The molecule has 1 aromatic heterocycles. The quantitative estimate of drug-likeness (QED) is 0.667. The second-order valence-corrected chi connectivity index (χ2v) is 4.25. The van der Waals surface area contributed by atoms with Crippen LogP contribution in [0.25, 0.3) is 10.9 Å². The van der Waals surface area contributed by atoms with Crippen LogP contribution < -0.4 is 10.1 Å². The van der Waals surface area contributed by atoms with E-state index in [9.17, 15) is 4.39 Å². The molecule has 0 bridgehead atoms. The van der Waals surface area contributed by atoms with Gasteiger partial charge in [-0.15, -0.1) is 0 Å². The van der Waals surface area contributed by atoms with Crippen molar-refractivity contribution in [1.82, 2.24) is 4.98 Å². The first-order chi connectivity index (χ1) is 9.33. The third-order valence-electron chi connectivity index (χ3n) is 2.88. The molecule has 2 nitrogen and oxygen atoms in total. The molecule has 0 saturated carbocycles. The standard InChI is InChI=1S/C15H11BFNO/c17-13-7-2-6-12(10-13)16-19-14-8-1-4-11-5-3-9-18-15(11)14/h1-10,16H. The summed E-state index contributed by atoms with van der Waals surface area (Å²) >= 11 is 0. The third-order valence-corrected chi connectivity index (χ3v) is 2.88. The number of nitrogens with zero attached hydrogens (tertiary/aromatic N) is 1. The summed E-state index contributed by atoms with van der Waals surface area (Å²) in [5.74, 6) is 0.458. The number of hydrogen-bond acceptors (Lipinski definition) is 2. The molecule has 0 fully saturated rings. The van der Waals surface area contributed by atoms with Crippen molar-refractivity contribution < 1.29 is 9.04 Å². The molecule has 0 unspecified atom stereocenters. The first-order valence-electron chi connectivity index (χ1n) is 6.04. The maximum absolute atomic E-state index is 13.1. The molecule has 2 aromatic carbocycles. The molecule has 0 aliphatic carbocycles. The van der Waals surface area contributed by atoms with Crippen molar-refractivity contribution in [3.05, 3.63) is 66.6 Å². The molecule has 0 amide bonds. The molecule has 92 valence electrons. The third kappa shape index (κ3) is 2.57. The largest absolute Gasteiger partial charge is 0.558 e. The Hall–Kier alpha value is -2.36. The lowest BCUT2D eigenvalue weighted by molar-refractivity contribution is 0.607. The van der Waals surface area contributed by atoms with E-state index in [1.807, 2.05) is 36.4 Å². The predicted octanol–water partition coefficient (Wildman–Crippen LogP) is 2.43. The van der Waals surface area contributed by atoms with Gasteiger partial charge in [-0.3, -0.25) is 4.98 Å². The summed E-state index contributed by atoms with van der Waals surface area (Å²) in [6.07, 6.45) is 1.73. The lowest BCUT2D eigenvalue weighted by Gasteiger charge is -2.08. The van der Waals surface area contributed by atoms with Gasteiger partial charge in [-0.2, -0.15) is 0 Å². The number of aromatic nitrogens is 1. The molecule has 0 saturated heterocycles. The molecule has 0 spiro atoms. The van der Waals surface area contributed by atoms with E-state index in [1.54, 1.807) is 12.3 Å². The molecular weight excluding hydrogens is 240 g/mol. The van der Waals surface area contributed by atoms with Gasteiger partial charge in [0.15, 0.2) is 0 Å². The van der Waals surface area contributed by atoms with Crippen LogP contribution in [0.5, 0.6) is 5.75 Å². The molecule has 19 heavy (non-hydrogen) atoms. The number of rotatable bonds is 3. The van der Waals surface area contributed by atoms with Crippen LogP contribution in [0, 0.1) is 5.82 Å². The van der Waals surface area contributed by atoms with Crippen LogP contribution in [-0.2, 0) is 0 Å². The number of halogens is 1. The smallest absolute Gasteiger partial charge is 0.374 e. The first kappa shape index (κ1) is 11.7. The highest BCUT2D eigenvalue weighted by atomic mass is 19.1. The summed E-state index contributed by atoms with van der Waals surface area (Å²) in [5.41, 5.74) is 1.62. The molecule has 0 atom stereocenters. The lowest BCUT2D eigenvalue weighted by atomic mass is 9.88. The highest BCUT2D eigenvalue weighted by Crippen LogP contribution is 2.22. The fourth-order valence-corrected chi connectivity index (χ4v) is 1.98. The minimum absolute atomic E-state index is 0.253. The Morgan fingerprint density at radius 2 is 1.84 bits per heavy atom. The van der Waals surface area contributed by atoms with E-state index >= 15 is 0 Å². The van der Waals surface area contributed by atoms with Crippen molar-refractivity contribution in [2.75, 3.05) is 0 Å². The Bertz CT molecular complexity index is 712. The van der Waals surface area contributed by atoms with Crippen LogP contribution in [0.1, 0.15) is 0 Å². The molecule has 4 heteroatoms. The van der Waals surface area contributed by atoms with Gasteiger partial charge in [0.1, 0.15) is 17.1 Å². The van der Waals surface area contributed by atoms with Crippen molar-refractivity contribution in [2.24, 2.45) is 0 Å². The van der Waals surface area contributed by atoms with Crippen molar-refractivity contribution in [1.29, 1.82) is 0 Å². The normalized spacial score (nSPS) is 10.4. The zero-order valence-corrected chi connectivity index (χ0v) is 10.2. The van der Waals surface area contributed by atoms with Crippen molar-refractivity contribution in [3.63, 3.8) is 0 Å². The zero-order chi connectivity index (χ0) is 13.1. The van der Waals surface area contributed by atoms with Gasteiger partial charge < -0.3 is 4.65 Å². The van der Waals surface area contributed by atoms with Gasteiger partial charge in [-0.25, -0.2) is 4.39 Å². The number of hydrogen-bond donors (Lipinski definition) is 0. The Morgan fingerprint density at radius 3 is 2.74 bits per heavy atom. The summed E-state index contributed by atoms with van der Waals surface area (Å²) in [6, 6.07) is 16.0. The highest BCUT2D eigenvalue weighted by molar-refractivity contribution is 6.47. The van der Waals surface area contributed by atoms with Crippen molar-refractivity contribution >= 4 is 23.8 Å². The van der Waals surface area contributed by atoms with Crippen LogP contribution in [-0.4, -0.2) is 12.5 Å². The zero-order valence-electron chi connectivity index (χ0n) is 10.2. The number of fused-ring (bicyclic) bond motifs is 1. The number of benzene rings is 2. The van der Waals surface area contributed by atoms with E-state index in [0.717, 1.165) is 16.4 Å². The first-order valence-corrected chi connectivity index (χ1v) is 6.04. The van der Waals surface area contributed by atoms with Gasteiger partial charge in [0, 0.05) is 11.6 Å². The summed E-state index contributed by atoms with van der Waals surface area (Å²) in [5, 5.41) is 1.03. The summed E-state index contributed by atoms with van der Waals surface area (Å²) in [6.45, 7) is 0. The number of para-hydroxylation sites is 1. The summed E-state index contributed by atoms with van der Waals surface area (Å²) < 4.78 is 18.8. The van der Waals surface area contributed by atoms with Crippen LogP contribution >= 0.6 is 0 Å². The van der Waals surface area contributed by atoms with Crippen molar-refractivity contribution in [2.45, 2.75) is 0 Å². The van der Waals surface area contributed by atoms with Crippen LogP contribution in [0.4, 0.5) is 4.39 Å². The van der Waals surface area contributed by atoms with Crippen LogP contribution in [0.2, 0.25) is 0 Å². The maximum Gasteiger partial charge on any atom is 0.374 e. The van der Waals surface area contributed by atoms with E-state index in [2.05, 4.69) is 4.98 Å². The second kappa shape index (κ2) is 5.10. The van der Waals surface area contributed by atoms with Gasteiger partial charge in [-0.1, -0.05) is 30.3 Å². The average molecular weight is 251 g/mol. The van der Waals surface area contributed by atoms with Gasteiger partial charge in [0.2, 0.25) is 0 Å². The minimum Gasteiger partial charge on any atom is -0.558 e. The second-order valence-electron chi connectivity index (χ2n) is 4.25. The number of pyridine rings is 1. The Kier molecular flexibility index (Phi) is 3.15. The van der Waals surface area contributed by atoms with Gasteiger partial charge >= 0.3 is 7.48 Å². The summed E-state index contributed by atoms with van der Waals surface area (Å²) in [4.78, 5) is 4.31. The molecular formula is C15H11BFNO. The van der Waals surface area contributed by atoms with Crippen LogP contribution in [0.3, 0.4) is 0 Å². The molecule has 3 rings (SSSR count). The highest BCUT2D eigenvalue weighted by Gasteiger charge is 2.05. The Balaban J connectivity index is 1.86. The van der Waals surface area contributed by atoms with Gasteiger partial charge in [-0.05, 0) is 29.7 Å². The van der Waals surface area contributed by atoms with E-state index in [-0.39, 0.29) is 5.82 Å². The lowest BCUT2D eigenvalue weighted by Crippen LogP contribution is -2.20. The fourth-order valence-electron chi connectivity index (χ4n) is 1.98. The van der Waals surface area contributed by atoms with Crippen molar-refractivity contribution in [3.8, 4) is 5.75 Å². The minimum atomic E-state index is -0.253. The van der Waals surface area contributed by atoms with E-state index < -0.39 is 0 Å². The fraction of sp³-hybridized carbons (Fsp3) is 0. The maximum atomic E-state index is 13.1. The Labute approximate surface area is 111 Å². The van der Waals surface area contributed by atoms with E-state index in [4.69, 9.17) is 4.65 Å².